The molecule has 0 unspecified atom stereocenters. The third-order valence-electron chi connectivity index (χ3n) is 4.12. The van der Waals surface area contributed by atoms with Crippen LogP contribution in [-0.4, -0.2) is 24.5 Å². The summed E-state index contributed by atoms with van der Waals surface area (Å²) in [6.07, 6.45) is 2.81. The fraction of sp³-hybridized carbons (Fsp3) is 0.143. The predicted octanol–water partition coefficient (Wildman–Crippen LogP) is 3.56. The molecule has 0 fully saturated rings. The summed E-state index contributed by atoms with van der Waals surface area (Å²) < 4.78 is 24.8. The predicted molar refractivity (Wildman–Crippen MR) is 107 cm³/mol. The van der Waals surface area contributed by atoms with E-state index >= 15 is 0 Å². The van der Waals surface area contributed by atoms with Crippen molar-refractivity contribution < 1.29 is 8.42 Å². The summed E-state index contributed by atoms with van der Waals surface area (Å²) in [4.78, 5) is 13.3. The van der Waals surface area contributed by atoms with E-state index in [-0.39, 0.29) is 10.5 Å². The molecule has 0 aliphatic rings. The highest BCUT2D eigenvalue weighted by atomic mass is 32.2. The average Bonchev–Trinajstić information content (AvgIpc) is 2.63. The molecule has 3 aromatic rings. The topological polar surface area (TPSA) is 69.0 Å². The molecule has 0 atom stereocenters. The molecule has 1 aromatic heterocycles. The van der Waals surface area contributed by atoms with Crippen LogP contribution in [0.2, 0.25) is 0 Å². The molecule has 138 valence electrons. The standard InChI is InChI=1S/C21H20N2O3S/c1-15(2)14-23-21(24)20(17-7-5-4-6-8-17)19(13-22-23)16-9-11-18(12-10-16)27(3,25)26/h4-13H,1,14H2,2-3H3. The minimum Gasteiger partial charge on any atom is -0.267 e. The van der Waals surface area contributed by atoms with Gasteiger partial charge in [0.15, 0.2) is 9.84 Å². The summed E-state index contributed by atoms with van der Waals surface area (Å²) in [5.74, 6) is 0. The number of aromatic nitrogens is 2. The number of hydrogen-bond donors (Lipinski definition) is 0. The van der Waals surface area contributed by atoms with E-state index in [0.717, 1.165) is 23.0 Å². The molecule has 0 saturated carbocycles. The number of allylic oxidation sites excluding steroid dienone is 1. The minimum absolute atomic E-state index is 0.214. The fourth-order valence-corrected chi connectivity index (χ4v) is 3.47. The van der Waals surface area contributed by atoms with Crippen LogP contribution in [0.15, 0.2) is 82.6 Å². The van der Waals surface area contributed by atoms with Crippen molar-refractivity contribution in [3.8, 4) is 22.3 Å². The van der Waals surface area contributed by atoms with E-state index in [1.54, 1.807) is 30.5 Å². The highest BCUT2D eigenvalue weighted by molar-refractivity contribution is 7.90. The lowest BCUT2D eigenvalue weighted by Crippen LogP contribution is -2.25. The Balaban J connectivity index is 2.22. The number of sulfone groups is 1. The molecule has 5 nitrogen and oxygen atoms in total. The van der Waals surface area contributed by atoms with E-state index in [0.29, 0.717) is 17.7 Å². The molecule has 0 spiro atoms. The van der Waals surface area contributed by atoms with Gasteiger partial charge in [-0.25, -0.2) is 13.1 Å². The van der Waals surface area contributed by atoms with Gasteiger partial charge >= 0.3 is 0 Å². The van der Waals surface area contributed by atoms with Crippen molar-refractivity contribution in [1.82, 2.24) is 9.78 Å². The maximum absolute atomic E-state index is 13.1. The molecule has 0 aliphatic carbocycles. The van der Waals surface area contributed by atoms with E-state index in [4.69, 9.17) is 0 Å². The van der Waals surface area contributed by atoms with Crippen LogP contribution in [0, 0.1) is 0 Å². The van der Waals surface area contributed by atoms with Crippen molar-refractivity contribution in [3.05, 3.63) is 83.3 Å². The summed E-state index contributed by atoms with van der Waals surface area (Å²) in [7, 11) is -3.28. The lowest BCUT2D eigenvalue weighted by molar-refractivity contribution is 0.602. The van der Waals surface area contributed by atoms with Crippen molar-refractivity contribution in [2.24, 2.45) is 0 Å². The second-order valence-electron chi connectivity index (χ2n) is 6.52. The smallest absolute Gasteiger partial charge is 0.267 e. The van der Waals surface area contributed by atoms with Gasteiger partial charge in [0, 0.05) is 11.8 Å². The van der Waals surface area contributed by atoms with E-state index in [9.17, 15) is 13.2 Å². The Labute approximate surface area is 158 Å². The zero-order valence-electron chi connectivity index (χ0n) is 15.2. The van der Waals surface area contributed by atoms with Crippen LogP contribution < -0.4 is 5.56 Å². The minimum atomic E-state index is -3.28. The van der Waals surface area contributed by atoms with Gasteiger partial charge in [0.25, 0.3) is 5.56 Å². The third kappa shape index (κ3) is 4.06. The zero-order valence-corrected chi connectivity index (χ0v) is 16.0. The number of benzene rings is 2. The SMILES string of the molecule is C=C(C)Cn1ncc(-c2ccc(S(C)(=O)=O)cc2)c(-c2ccccc2)c1=O. The summed E-state index contributed by atoms with van der Waals surface area (Å²) in [5.41, 5.74) is 3.31. The Morgan fingerprint density at radius 1 is 1.04 bits per heavy atom. The molecule has 0 saturated heterocycles. The second kappa shape index (κ2) is 7.32. The van der Waals surface area contributed by atoms with E-state index in [2.05, 4.69) is 11.7 Å². The zero-order chi connectivity index (χ0) is 19.6. The highest BCUT2D eigenvalue weighted by Gasteiger charge is 2.16. The molecule has 6 heteroatoms. The Hall–Kier alpha value is -2.99. The van der Waals surface area contributed by atoms with Gasteiger partial charge in [0.05, 0.1) is 23.2 Å². The largest absolute Gasteiger partial charge is 0.275 e. The van der Waals surface area contributed by atoms with Crippen LogP contribution in [0.25, 0.3) is 22.3 Å². The summed E-state index contributed by atoms with van der Waals surface area (Å²) in [6.45, 7) is 6.03. The van der Waals surface area contributed by atoms with E-state index < -0.39 is 9.84 Å². The quantitative estimate of drug-likeness (QED) is 0.635. The highest BCUT2D eigenvalue weighted by Crippen LogP contribution is 2.29. The Morgan fingerprint density at radius 3 is 2.22 bits per heavy atom. The molecule has 1 heterocycles. The van der Waals surface area contributed by atoms with Gasteiger partial charge in [-0.1, -0.05) is 54.6 Å². The van der Waals surface area contributed by atoms with Crippen LogP contribution in [0.3, 0.4) is 0 Å². The first-order valence-corrected chi connectivity index (χ1v) is 10.3. The van der Waals surface area contributed by atoms with Crippen molar-refractivity contribution in [3.63, 3.8) is 0 Å². The van der Waals surface area contributed by atoms with Crippen LogP contribution in [0.5, 0.6) is 0 Å². The lowest BCUT2D eigenvalue weighted by Gasteiger charge is -2.13. The molecular weight excluding hydrogens is 360 g/mol. The monoisotopic (exact) mass is 380 g/mol. The Kier molecular flexibility index (Phi) is 5.10. The van der Waals surface area contributed by atoms with Gasteiger partial charge < -0.3 is 0 Å². The Morgan fingerprint density at radius 2 is 1.67 bits per heavy atom. The summed E-state index contributed by atoms with van der Waals surface area (Å²) in [6, 6.07) is 15.8. The van der Waals surface area contributed by atoms with Crippen molar-refractivity contribution in [2.45, 2.75) is 18.4 Å². The summed E-state index contributed by atoms with van der Waals surface area (Å²) in [5, 5.41) is 4.28. The third-order valence-corrected chi connectivity index (χ3v) is 5.25. The van der Waals surface area contributed by atoms with E-state index in [1.807, 2.05) is 37.3 Å². The van der Waals surface area contributed by atoms with Crippen molar-refractivity contribution >= 4 is 9.84 Å². The molecule has 0 aliphatic heterocycles. The number of hydrogen-bond acceptors (Lipinski definition) is 4. The second-order valence-corrected chi connectivity index (χ2v) is 8.53. The van der Waals surface area contributed by atoms with Gasteiger partial charge in [0.2, 0.25) is 0 Å². The van der Waals surface area contributed by atoms with Crippen LogP contribution >= 0.6 is 0 Å². The maximum Gasteiger partial charge on any atom is 0.275 e. The van der Waals surface area contributed by atoms with Gasteiger partial charge in [0.1, 0.15) is 0 Å². The lowest BCUT2D eigenvalue weighted by atomic mass is 9.97. The maximum atomic E-state index is 13.1. The molecule has 27 heavy (non-hydrogen) atoms. The summed E-state index contributed by atoms with van der Waals surface area (Å²) >= 11 is 0. The first kappa shape index (κ1) is 18.8. The first-order valence-electron chi connectivity index (χ1n) is 8.38. The fourth-order valence-electron chi connectivity index (χ4n) is 2.84. The number of rotatable bonds is 5. The van der Waals surface area contributed by atoms with Gasteiger partial charge in [-0.3, -0.25) is 4.79 Å². The van der Waals surface area contributed by atoms with Crippen LogP contribution in [0.1, 0.15) is 6.92 Å². The van der Waals surface area contributed by atoms with Gasteiger partial charge in [-0.05, 0) is 30.2 Å². The Bertz CT molecular complexity index is 1150. The van der Waals surface area contributed by atoms with Crippen LogP contribution in [0.4, 0.5) is 0 Å². The molecular formula is C21H20N2O3S. The van der Waals surface area contributed by atoms with E-state index in [1.165, 1.54) is 4.68 Å². The molecule has 0 amide bonds. The molecule has 2 aromatic carbocycles. The van der Waals surface area contributed by atoms with Crippen molar-refractivity contribution in [2.75, 3.05) is 6.26 Å². The molecule has 3 rings (SSSR count). The number of nitrogens with zero attached hydrogens (tertiary/aromatic N) is 2. The van der Waals surface area contributed by atoms with Crippen molar-refractivity contribution in [1.29, 1.82) is 0 Å². The normalized spacial score (nSPS) is 11.3. The molecule has 0 radical (unpaired) electrons. The average molecular weight is 380 g/mol. The van der Waals surface area contributed by atoms with Gasteiger partial charge in [-0.15, -0.1) is 0 Å². The molecule has 0 bridgehead atoms. The molecule has 0 N–H and O–H groups in total. The van der Waals surface area contributed by atoms with Gasteiger partial charge in [-0.2, -0.15) is 5.10 Å². The first-order chi connectivity index (χ1) is 12.8. The van der Waals surface area contributed by atoms with Crippen LogP contribution in [-0.2, 0) is 16.4 Å².